The van der Waals surface area contributed by atoms with E-state index in [9.17, 15) is 0 Å². The van der Waals surface area contributed by atoms with Crippen LogP contribution in [0.15, 0.2) is 48.5 Å². The summed E-state index contributed by atoms with van der Waals surface area (Å²) in [5.41, 5.74) is 13.0. The van der Waals surface area contributed by atoms with Crippen molar-refractivity contribution in [3.8, 4) is 17.1 Å². The molecule has 0 aliphatic heterocycles. The van der Waals surface area contributed by atoms with Crippen LogP contribution < -0.4 is 16.2 Å². The first kappa shape index (κ1) is 15.1. The summed E-state index contributed by atoms with van der Waals surface area (Å²) >= 11 is 5.85. The van der Waals surface area contributed by atoms with E-state index in [4.69, 9.17) is 27.8 Å². The van der Waals surface area contributed by atoms with Gasteiger partial charge in [-0.15, -0.1) is 0 Å². The summed E-state index contributed by atoms with van der Waals surface area (Å²) in [7, 11) is 0. The summed E-state index contributed by atoms with van der Waals surface area (Å²) in [6, 6.07) is 14.9. The molecule has 6 nitrogen and oxygen atoms in total. The second-order valence-electron chi connectivity index (χ2n) is 4.81. The highest BCUT2D eigenvalue weighted by Crippen LogP contribution is 2.21. The molecule has 0 bridgehead atoms. The third-order valence-electron chi connectivity index (χ3n) is 3.10. The van der Waals surface area contributed by atoms with Crippen molar-refractivity contribution in [1.29, 1.82) is 0 Å². The van der Waals surface area contributed by atoms with Crippen LogP contribution in [0.2, 0.25) is 5.02 Å². The summed E-state index contributed by atoms with van der Waals surface area (Å²) in [5, 5.41) is 0.703. The number of anilines is 2. The molecule has 0 amide bonds. The Labute approximate surface area is 138 Å². The molecule has 7 heteroatoms. The van der Waals surface area contributed by atoms with E-state index in [0.29, 0.717) is 17.5 Å². The van der Waals surface area contributed by atoms with Gasteiger partial charge in [-0.25, -0.2) is 0 Å². The number of rotatable bonds is 4. The third kappa shape index (κ3) is 3.87. The topological polar surface area (TPSA) is 99.9 Å². The number of ether oxygens (including phenoxy) is 1. The minimum atomic E-state index is 0.0931. The van der Waals surface area contributed by atoms with Crippen molar-refractivity contribution in [2.75, 3.05) is 11.5 Å². The van der Waals surface area contributed by atoms with E-state index >= 15 is 0 Å². The fourth-order valence-corrected chi connectivity index (χ4v) is 2.11. The van der Waals surface area contributed by atoms with Gasteiger partial charge >= 0.3 is 0 Å². The van der Waals surface area contributed by atoms with Gasteiger partial charge in [-0.3, -0.25) is 0 Å². The van der Waals surface area contributed by atoms with Crippen LogP contribution in [0.5, 0.6) is 5.75 Å². The molecule has 2 aromatic carbocycles. The number of halogens is 1. The van der Waals surface area contributed by atoms with Crippen molar-refractivity contribution in [2.24, 2.45) is 0 Å². The number of nitrogen functional groups attached to an aromatic ring is 2. The second-order valence-corrected chi connectivity index (χ2v) is 5.25. The van der Waals surface area contributed by atoms with Crippen LogP contribution in [0, 0.1) is 0 Å². The van der Waals surface area contributed by atoms with E-state index < -0.39 is 0 Å². The standard InChI is InChI=1S/C16H14ClN5O/c17-12-5-1-10(2-6-12)9-23-13-7-3-11(4-8-13)14-20-15(18)22-16(19)21-14/h1-8H,9H2,(H4,18,19,20,21,22). The fourth-order valence-electron chi connectivity index (χ4n) is 1.99. The van der Waals surface area contributed by atoms with Crippen molar-refractivity contribution >= 4 is 23.5 Å². The van der Waals surface area contributed by atoms with Gasteiger partial charge in [-0.05, 0) is 42.0 Å². The molecule has 3 rings (SSSR count). The Morgan fingerprint density at radius 2 is 1.43 bits per heavy atom. The highest BCUT2D eigenvalue weighted by atomic mass is 35.5. The molecule has 1 aromatic heterocycles. The number of hydrogen-bond acceptors (Lipinski definition) is 6. The van der Waals surface area contributed by atoms with Crippen LogP contribution in [-0.4, -0.2) is 15.0 Å². The Morgan fingerprint density at radius 3 is 2.04 bits per heavy atom. The molecule has 0 spiro atoms. The number of nitrogens with two attached hydrogens (primary N) is 2. The average Bonchev–Trinajstić information content (AvgIpc) is 2.54. The summed E-state index contributed by atoms with van der Waals surface area (Å²) in [4.78, 5) is 11.9. The summed E-state index contributed by atoms with van der Waals surface area (Å²) in [6.45, 7) is 0.460. The molecular formula is C16H14ClN5O. The molecule has 0 fully saturated rings. The molecule has 23 heavy (non-hydrogen) atoms. The van der Waals surface area contributed by atoms with Crippen LogP contribution in [0.4, 0.5) is 11.9 Å². The summed E-state index contributed by atoms with van der Waals surface area (Å²) in [5.74, 6) is 1.35. The fraction of sp³-hybridized carbons (Fsp3) is 0.0625. The Morgan fingerprint density at radius 1 is 0.826 bits per heavy atom. The van der Waals surface area contributed by atoms with Gasteiger partial charge < -0.3 is 16.2 Å². The minimum absolute atomic E-state index is 0.0931. The summed E-state index contributed by atoms with van der Waals surface area (Å²) in [6.07, 6.45) is 0. The molecule has 0 radical (unpaired) electrons. The van der Waals surface area contributed by atoms with E-state index in [2.05, 4.69) is 15.0 Å². The van der Waals surface area contributed by atoms with Gasteiger partial charge in [0, 0.05) is 10.6 Å². The van der Waals surface area contributed by atoms with E-state index in [1.807, 2.05) is 48.5 Å². The quantitative estimate of drug-likeness (QED) is 0.764. The SMILES string of the molecule is Nc1nc(N)nc(-c2ccc(OCc3ccc(Cl)cc3)cc2)n1. The smallest absolute Gasteiger partial charge is 0.225 e. The lowest BCUT2D eigenvalue weighted by molar-refractivity contribution is 0.306. The second kappa shape index (κ2) is 6.50. The van der Waals surface area contributed by atoms with Crippen LogP contribution in [0.25, 0.3) is 11.4 Å². The maximum atomic E-state index is 5.85. The lowest BCUT2D eigenvalue weighted by atomic mass is 10.2. The predicted molar refractivity (Wildman–Crippen MR) is 89.9 cm³/mol. The van der Waals surface area contributed by atoms with Crippen molar-refractivity contribution < 1.29 is 4.74 Å². The molecule has 0 atom stereocenters. The molecule has 1 heterocycles. The minimum Gasteiger partial charge on any atom is -0.489 e. The average molecular weight is 328 g/mol. The number of hydrogen-bond donors (Lipinski definition) is 2. The van der Waals surface area contributed by atoms with Gasteiger partial charge in [0.1, 0.15) is 12.4 Å². The highest BCUT2D eigenvalue weighted by molar-refractivity contribution is 6.30. The van der Waals surface area contributed by atoms with Crippen LogP contribution in [0.3, 0.4) is 0 Å². The maximum Gasteiger partial charge on any atom is 0.225 e. The maximum absolute atomic E-state index is 5.85. The third-order valence-corrected chi connectivity index (χ3v) is 3.35. The number of benzene rings is 2. The first-order valence-corrected chi connectivity index (χ1v) is 7.23. The molecule has 116 valence electrons. The molecular weight excluding hydrogens is 314 g/mol. The Hall–Kier alpha value is -2.86. The van der Waals surface area contributed by atoms with Crippen LogP contribution in [-0.2, 0) is 6.61 Å². The molecule has 3 aromatic rings. The lowest BCUT2D eigenvalue weighted by Crippen LogP contribution is -2.04. The predicted octanol–water partition coefficient (Wildman–Crippen LogP) is 2.94. The molecule has 0 aliphatic rings. The number of aromatic nitrogens is 3. The monoisotopic (exact) mass is 327 g/mol. The molecule has 0 unspecified atom stereocenters. The zero-order chi connectivity index (χ0) is 16.2. The normalized spacial score (nSPS) is 10.5. The molecule has 0 saturated heterocycles. The Balaban J connectivity index is 1.70. The van der Waals surface area contributed by atoms with Crippen molar-refractivity contribution in [1.82, 2.24) is 15.0 Å². The summed E-state index contributed by atoms with van der Waals surface area (Å²) < 4.78 is 5.72. The first-order valence-electron chi connectivity index (χ1n) is 6.85. The number of nitrogens with zero attached hydrogens (tertiary/aromatic N) is 3. The molecule has 4 N–H and O–H groups in total. The van der Waals surface area contributed by atoms with Gasteiger partial charge in [-0.2, -0.15) is 15.0 Å². The van der Waals surface area contributed by atoms with Crippen molar-refractivity contribution in [3.63, 3.8) is 0 Å². The van der Waals surface area contributed by atoms with Gasteiger partial charge in [0.05, 0.1) is 0 Å². The zero-order valence-corrected chi connectivity index (χ0v) is 12.9. The van der Waals surface area contributed by atoms with Gasteiger partial charge in [0.15, 0.2) is 5.82 Å². The van der Waals surface area contributed by atoms with E-state index in [1.54, 1.807) is 0 Å². The van der Waals surface area contributed by atoms with E-state index in [0.717, 1.165) is 16.9 Å². The molecule has 0 aliphatic carbocycles. The zero-order valence-electron chi connectivity index (χ0n) is 12.1. The van der Waals surface area contributed by atoms with Crippen molar-refractivity contribution in [2.45, 2.75) is 6.61 Å². The van der Waals surface area contributed by atoms with Gasteiger partial charge in [0.25, 0.3) is 0 Å². The largest absolute Gasteiger partial charge is 0.489 e. The van der Waals surface area contributed by atoms with Crippen molar-refractivity contribution in [3.05, 3.63) is 59.1 Å². The van der Waals surface area contributed by atoms with E-state index in [-0.39, 0.29) is 11.9 Å². The van der Waals surface area contributed by atoms with Crippen LogP contribution in [0.1, 0.15) is 5.56 Å². The Kier molecular flexibility index (Phi) is 4.25. The first-order chi connectivity index (χ1) is 11.1. The van der Waals surface area contributed by atoms with Crippen LogP contribution >= 0.6 is 11.6 Å². The van der Waals surface area contributed by atoms with Gasteiger partial charge in [-0.1, -0.05) is 23.7 Å². The van der Waals surface area contributed by atoms with Gasteiger partial charge in [0.2, 0.25) is 11.9 Å². The highest BCUT2D eigenvalue weighted by Gasteiger charge is 2.05. The molecule has 0 saturated carbocycles. The van der Waals surface area contributed by atoms with E-state index in [1.165, 1.54) is 0 Å². The Bertz CT molecular complexity index is 785. The lowest BCUT2D eigenvalue weighted by Gasteiger charge is -2.07.